The molecule has 0 aromatic rings. The van der Waals surface area contributed by atoms with E-state index < -0.39 is 0 Å². The first-order chi connectivity index (χ1) is 7.81. The van der Waals surface area contributed by atoms with Crippen molar-refractivity contribution in [3.63, 3.8) is 0 Å². The van der Waals surface area contributed by atoms with Gasteiger partial charge in [0.1, 0.15) is 6.29 Å². The fraction of sp³-hybridized carbons (Fsp3) is 0.692. The normalized spacial score (nSPS) is 10.6. The number of esters is 1. The summed E-state index contributed by atoms with van der Waals surface area (Å²) in [7, 11) is 1.42. The summed E-state index contributed by atoms with van der Waals surface area (Å²) in [5.41, 5.74) is 0. The van der Waals surface area contributed by atoms with Crippen LogP contribution >= 0.6 is 0 Å². The summed E-state index contributed by atoms with van der Waals surface area (Å²) in [6.07, 6.45) is 12.5. The SMILES string of the molecule is COC(=O)CCCCCCC=CCCC=O. The molecule has 0 radical (unpaired) electrons. The highest BCUT2D eigenvalue weighted by atomic mass is 16.5. The summed E-state index contributed by atoms with van der Waals surface area (Å²) in [6, 6.07) is 0. The van der Waals surface area contributed by atoms with Crippen LogP contribution in [0.2, 0.25) is 0 Å². The third-order valence-electron chi connectivity index (χ3n) is 2.35. The number of allylic oxidation sites excluding steroid dienone is 2. The first kappa shape index (κ1) is 14.9. The fourth-order valence-electron chi connectivity index (χ4n) is 1.39. The molecule has 0 spiro atoms. The molecular weight excluding hydrogens is 204 g/mol. The number of hydrogen-bond donors (Lipinski definition) is 0. The van der Waals surface area contributed by atoms with Gasteiger partial charge in [0.15, 0.2) is 0 Å². The highest BCUT2D eigenvalue weighted by Crippen LogP contribution is 2.06. The van der Waals surface area contributed by atoms with Crippen molar-refractivity contribution < 1.29 is 14.3 Å². The van der Waals surface area contributed by atoms with Gasteiger partial charge in [0.25, 0.3) is 0 Å². The molecule has 0 aliphatic rings. The van der Waals surface area contributed by atoms with E-state index in [-0.39, 0.29) is 5.97 Å². The van der Waals surface area contributed by atoms with Crippen LogP contribution in [-0.4, -0.2) is 19.4 Å². The highest BCUT2D eigenvalue weighted by molar-refractivity contribution is 5.68. The predicted molar refractivity (Wildman–Crippen MR) is 64.2 cm³/mol. The first-order valence-electron chi connectivity index (χ1n) is 5.96. The third-order valence-corrected chi connectivity index (χ3v) is 2.35. The maximum atomic E-state index is 10.8. The average Bonchev–Trinajstić information content (AvgIpc) is 2.31. The smallest absolute Gasteiger partial charge is 0.305 e. The Labute approximate surface area is 97.9 Å². The summed E-state index contributed by atoms with van der Waals surface area (Å²) in [5, 5.41) is 0. The zero-order valence-corrected chi connectivity index (χ0v) is 10.1. The molecule has 0 aromatic carbocycles. The molecule has 0 unspecified atom stereocenters. The summed E-state index contributed by atoms with van der Waals surface area (Å²) < 4.78 is 4.55. The van der Waals surface area contributed by atoms with Crippen LogP contribution in [0.1, 0.15) is 51.4 Å². The number of carbonyl (C=O) groups excluding carboxylic acids is 2. The fourth-order valence-corrected chi connectivity index (χ4v) is 1.39. The summed E-state index contributed by atoms with van der Waals surface area (Å²) in [5.74, 6) is -0.117. The van der Waals surface area contributed by atoms with Crippen molar-refractivity contribution in [2.24, 2.45) is 0 Å². The molecule has 3 nitrogen and oxygen atoms in total. The topological polar surface area (TPSA) is 43.4 Å². The van der Waals surface area contributed by atoms with E-state index in [4.69, 9.17) is 0 Å². The van der Waals surface area contributed by atoms with Gasteiger partial charge in [0.2, 0.25) is 0 Å². The Morgan fingerprint density at radius 2 is 1.69 bits per heavy atom. The number of hydrogen-bond acceptors (Lipinski definition) is 3. The first-order valence-corrected chi connectivity index (χ1v) is 5.96. The molecule has 0 atom stereocenters. The largest absolute Gasteiger partial charge is 0.469 e. The summed E-state index contributed by atoms with van der Waals surface area (Å²) >= 11 is 0. The molecule has 92 valence electrons. The van der Waals surface area contributed by atoms with Gasteiger partial charge >= 0.3 is 5.97 Å². The average molecular weight is 226 g/mol. The number of unbranched alkanes of at least 4 members (excludes halogenated alkanes) is 5. The van der Waals surface area contributed by atoms with Crippen molar-refractivity contribution in [3.8, 4) is 0 Å². The van der Waals surface area contributed by atoms with Crippen molar-refractivity contribution >= 4 is 12.3 Å². The van der Waals surface area contributed by atoms with Crippen molar-refractivity contribution in [1.29, 1.82) is 0 Å². The zero-order valence-electron chi connectivity index (χ0n) is 10.1. The van der Waals surface area contributed by atoms with Crippen LogP contribution in [0, 0.1) is 0 Å². The lowest BCUT2D eigenvalue weighted by atomic mass is 10.1. The molecule has 0 N–H and O–H groups in total. The van der Waals surface area contributed by atoms with Gasteiger partial charge < -0.3 is 9.53 Å². The molecule has 0 amide bonds. The Morgan fingerprint density at radius 3 is 2.38 bits per heavy atom. The number of aldehydes is 1. The Kier molecular flexibility index (Phi) is 11.1. The molecule has 0 bridgehead atoms. The van der Waals surface area contributed by atoms with Gasteiger partial charge in [-0.3, -0.25) is 4.79 Å². The van der Waals surface area contributed by atoms with E-state index in [0.717, 1.165) is 44.8 Å². The highest BCUT2D eigenvalue weighted by Gasteiger charge is 1.98. The van der Waals surface area contributed by atoms with E-state index in [1.807, 2.05) is 0 Å². The molecule has 0 heterocycles. The molecule has 0 aromatic heterocycles. The Balaban J connectivity index is 3.12. The van der Waals surface area contributed by atoms with Gasteiger partial charge in [-0.2, -0.15) is 0 Å². The van der Waals surface area contributed by atoms with Crippen LogP contribution in [0.5, 0.6) is 0 Å². The van der Waals surface area contributed by atoms with Gasteiger partial charge in [-0.15, -0.1) is 0 Å². The second-order valence-corrected chi connectivity index (χ2v) is 3.74. The Bertz CT molecular complexity index is 209. The van der Waals surface area contributed by atoms with Gasteiger partial charge in [-0.25, -0.2) is 0 Å². The molecule has 0 aliphatic carbocycles. The zero-order chi connectivity index (χ0) is 12.1. The van der Waals surface area contributed by atoms with Crippen LogP contribution in [0.15, 0.2) is 12.2 Å². The lowest BCUT2D eigenvalue weighted by molar-refractivity contribution is -0.140. The Morgan fingerprint density at radius 1 is 1.00 bits per heavy atom. The van der Waals surface area contributed by atoms with E-state index in [1.54, 1.807) is 0 Å². The quantitative estimate of drug-likeness (QED) is 0.249. The number of rotatable bonds is 10. The minimum Gasteiger partial charge on any atom is -0.469 e. The molecule has 0 aliphatic heterocycles. The minimum atomic E-state index is -0.117. The summed E-state index contributed by atoms with van der Waals surface area (Å²) in [6.45, 7) is 0. The van der Waals surface area contributed by atoms with Crippen molar-refractivity contribution in [2.75, 3.05) is 7.11 Å². The molecule has 0 fully saturated rings. The van der Waals surface area contributed by atoms with Crippen LogP contribution in [0.4, 0.5) is 0 Å². The summed E-state index contributed by atoms with van der Waals surface area (Å²) in [4.78, 5) is 20.8. The maximum Gasteiger partial charge on any atom is 0.305 e. The van der Waals surface area contributed by atoms with Crippen molar-refractivity contribution in [1.82, 2.24) is 0 Å². The van der Waals surface area contributed by atoms with E-state index in [2.05, 4.69) is 16.9 Å². The third kappa shape index (κ3) is 11.0. The van der Waals surface area contributed by atoms with Gasteiger partial charge in [-0.05, 0) is 25.7 Å². The standard InChI is InChI=1S/C13H22O3/c1-16-13(15)11-9-7-5-3-2-4-6-8-10-12-14/h4,6,12H,2-3,5,7-11H2,1H3. The lowest BCUT2D eigenvalue weighted by Crippen LogP contribution is -1.98. The Hall–Kier alpha value is -1.12. The van der Waals surface area contributed by atoms with Crippen LogP contribution in [-0.2, 0) is 14.3 Å². The van der Waals surface area contributed by atoms with Crippen LogP contribution < -0.4 is 0 Å². The monoisotopic (exact) mass is 226 g/mol. The second-order valence-electron chi connectivity index (χ2n) is 3.74. The molecule has 0 saturated carbocycles. The van der Waals surface area contributed by atoms with Crippen LogP contribution in [0.3, 0.4) is 0 Å². The van der Waals surface area contributed by atoms with Crippen molar-refractivity contribution in [2.45, 2.75) is 51.4 Å². The molecule has 3 heteroatoms. The maximum absolute atomic E-state index is 10.8. The molecular formula is C13H22O3. The van der Waals surface area contributed by atoms with E-state index in [9.17, 15) is 9.59 Å². The number of carbonyl (C=O) groups is 2. The van der Waals surface area contributed by atoms with Gasteiger partial charge in [0.05, 0.1) is 7.11 Å². The predicted octanol–water partition coefficient (Wildman–Crippen LogP) is 3.04. The van der Waals surface area contributed by atoms with Crippen LogP contribution in [0.25, 0.3) is 0 Å². The molecule has 16 heavy (non-hydrogen) atoms. The van der Waals surface area contributed by atoms with E-state index in [1.165, 1.54) is 7.11 Å². The van der Waals surface area contributed by atoms with E-state index >= 15 is 0 Å². The van der Waals surface area contributed by atoms with Crippen molar-refractivity contribution in [3.05, 3.63) is 12.2 Å². The van der Waals surface area contributed by atoms with E-state index in [0.29, 0.717) is 12.8 Å². The number of methoxy groups -OCH3 is 1. The number of ether oxygens (including phenoxy) is 1. The lowest BCUT2D eigenvalue weighted by Gasteiger charge is -1.99. The minimum absolute atomic E-state index is 0.117. The van der Waals surface area contributed by atoms with Gasteiger partial charge in [-0.1, -0.05) is 25.0 Å². The molecule has 0 rings (SSSR count). The second kappa shape index (κ2) is 12.0. The molecule has 0 saturated heterocycles. The van der Waals surface area contributed by atoms with Gasteiger partial charge in [0, 0.05) is 12.8 Å².